The average molecular weight is 418 g/mol. The molecule has 0 radical (unpaired) electrons. The molecule has 1 aliphatic heterocycles. The SMILES string of the molecule is CC(=O)OCc1nc2cnc3cc(Br)ccc3c2n1CC1CCOCC1. The lowest BCUT2D eigenvalue weighted by Crippen LogP contribution is -2.21. The van der Waals surface area contributed by atoms with Crippen LogP contribution in [-0.4, -0.2) is 33.7 Å². The van der Waals surface area contributed by atoms with Gasteiger partial charge in [-0.2, -0.15) is 0 Å². The highest BCUT2D eigenvalue weighted by Crippen LogP contribution is 2.29. The van der Waals surface area contributed by atoms with Crippen LogP contribution in [0.4, 0.5) is 0 Å². The second-order valence-corrected chi connectivity index (χ2v) is 7.54. The molecule has 0 atom stereocenters. The first kappa shape index (κ1) is 17.4. The monoisotopic (exact) mass is 417 g/mol. The number of benzene rings is 1. The van der Waals surface area contributed by atoms with Crippen molar-refractivity contribution >= 4 is 43.8 Å². The Balaban J connectivity index is 1.84. The van der Waals surface area contributed by atoms with Crippen LogP contribution in [0.2, 0.25) is 0 Å². The first-order valence-electron chi connectivity index (χ1n) is 8.76. The predicted molar refractivity (Wildman–Crippen MR) is 102 cm³/mol. The molecular weight excluding hydrogens is 398 g/mol. The van der Waals surface area contributed by atoms with Gasteiger partial charge in [-0.1, -0.05) is 15.9 Å². The fourth-order valence-corrected chi connectivity index (χ4v) is 3.84. The molecule has 0 unspecified atom stereocenters. The Morgan fingerprint density at radius 3 is 2.92 bits per heavy atom. The molecule has 26 heavy (non-hydrogen) atoms. The number of pyridine rings is 1. The van der Waals surface area contributed by atoms with Crippen LogP contribution in [0.25, 0.3) is 21.9 Å². The molecule has 0 bridgehead atoms. The number of ether oxygens (including phenoxy) is 2. The lowest BCUT2D eigenvalue weighted by atomic mass is 10.00. The number of imidazole rings is 1. The van der Waals surface area contributed by atoms with E-state index in [1.807, 2.05) is 12.1 Å². The molecule has 0 aliphatic carbocycles. The van der Waals surface area contributed by atoms with E-state index in [4.69, 9.17) is 14.5 Å². The van der Waals surface area contributed by atoms with Crippen LogP contribution in [0, 0.1) is 5.92 Å². The minimum atomic E-state index is -0.304. The fraction of sp³-hybridized carbons (Fsp3) is 0.421. The third kappa shape index (κ3) is 3.46. The topological polar surface area (TPSA) is 66.2 Å². The Hall–Kier alpha value is -1.99. The highest BCUT2D eigenvalue weighted by molar-refractivity contribution is 9.10. The largest absolute Gasteiger partial charge is 0.458 e. The van der Waals surface area contributed by atoms with Crippen molar-refractivity contribution in [3.05, 3.63) is 34.7 Å². The van der Waals surface area contributed by atoms with Crippen LogP contribution < -0.4 is 0 Å². The van der Waals surface area contributed by atoms with Gasteiger partial charge in [-0.15, -0.1) is 0 Å². The number of hydrogen-bond acceptors (Lipinski definition) is 5. The zero-order valence-electron chi connectivity index (χ0n) is 14.6. The summed E-state index contributed by atoms with van der Waals surface area (Å²) < 4.78 is 13.9. The molecule has 1 fully saturated rings. The summed E-state index contributed by atoms with van der Waals surface area (Å²) in [6.07, 6.45) is 3.85. The minimum absolute atomic E-state index is 0.172. The Morgan fingerprint density at radius 1 is 1.35 bits per heavy atom. The maximum Gasteiger partial charge on any atom is 0.303 e. The van der Waals surface area contributed by atoms with Gasteiger partial charge in [0.25, 0.3) is 0 Å². The first-order valence-corrected chi connectivity index (χ1v) is 9.55. The summed E-state index contributed by atoms with van der Waals surface area (Å²) >= 11 is 3.51. The van der Waals surface area contributed by atoms with Crippen LogP contribution in [0.3, 0.4) is 0 Å². The Labute approximate surface area is 159 Å². The van der Waals surface area contributed by atoms with E-state index in [1.165, 1.54) is 6.92 Å². The van der Waals surface area contributed by atoms with E-state index in [0.717, 1.165) is 64.8 Å². The van der Waals surface area contributed by atoms with Gasteiger partial charge < -0.3 is 14.0 Å². The van der Waals surface area contributed by atoms with Crippen molar-refractivity contribution in [1.29, 1.82) is 0 Å². The number of hydrogen-bond donors (Lipinski definition) is 0. The molecule has 0 saturated carbocycles. The number of fused-ring (bicyclic) bond motifs is 3. The van der Waals surface area contributed by atoms with Crippen LogP contribution >= 0.6 is 15.9 Å². The van der Waals surface area contributed by atoms with Gasteiger partial charge in [-0.05, 0) is 37.0 Å². The molecule has 7 heteroatoms. The summed E-state index contributed by atoms with van der Waals surface area (Å²) in [7, 11) is 0. The van der Waals surface area contributed by atoms with E-state index in [-0.39, 0.29) is 12.6 Å². The number of rotatable bonds is 4. The second kappa shape index (κ2) is 7.32. The summed E-state index contributed by atoms with van der Waals surface area (Å²) in [5, 5.41) is 1.05. The number of carbonyl (C=O) groups is 1. The van der Waals surface area contributed by atoms with Gasteiger partial charge in [0.2, 0.25) is 0 Å². The first-order chi connectivity index (χ1) is 12.6. The van der Waals surface area contributed by atoms with Gasteiger partial charge in [0.1, 0.15) is 17.9 Å². The Morgan fingerprint density at radius 2 is 2.15 bits per heavy atom. The highest BCUT2D eigenvalue weighted by atomic mass is 79.9. The van der Waals surface area contributed by atoms with Gasteiger partial charge in [0.15, 0.2) is 0 Å². The van der Waals surface area contributed by atoms with Crippen molar-refractivity contribution in [3.63, 3.8) is 0 Å². The normalized spacial score (nSPS) is 15.6. The lowest BCUT2D eigenvalue weighted by molar-refractivity contribution is -0.142. The number of halogens is 1. The van der Waals surface area contributed by atoms with Crippen molar-refractivity contribution in [1.82, 2.24) is 14.5 Å². The van der Waals surface area contributed by atoms with Crippen molar-refractivity contribution < 1.29 is 14.3 Å². The Kier molecular flexibility index (Phi) is 4.91. The third-order valence-electron chi connectivity index (χ3n) is 4.80. The zero-order chi connectivity index (χ0) is 18.1. The molecule has 1 saturated heterocycles. The molecule has 6 nitrogen and oxygen atoms in total. The van der Waals surface area contributed by atoms with Gasteiger partial charge in [-0.25, -0.2) is 4.98 Å². The standard InChI is InChI=1S/C19H20BrN3O3/c1-12(24)26-11-18-22-17-9-21-16-8-14(20)2-3-15(16)19(17)23(18)10-13-4-6-25-7-5-13/h2-3,8-9,13H,4-7,10-11H2,1H3. The molecule has 0 spiro atoms. The number of carbonyl (C=O) groups excluding carboxylic acids is 1. The zero-order valence-corrected chi connectivity index (χ0v) is 16.2. The quantitative estimate of drug-likeness (QED) is 0.603. The van der Waals surface area contributed by atoms with E-state index < -0.39 is 0 Å². The van der Waals surface area contributed by atoms with E-state index >= 15 is 0 Å². The molecule has 1 aromatic carbocycles. The van der Waals surface area contributed by atoms with E-state index in [1.54, 1.807) is 6.20 Å². The van der Waals surface area contributed by atoms with Crippen molar-refractivity contribution in [2.45, 2.75) is 32.9 Å². The number of nitrogens with zero attached hydrogens (tertiary/aromatic N) is 3. The fourth-order valence-electron chi connectivity index (χ4n) is 3.50. The van der Waals surface area contributed by atoms with Crippen LogP contribution in [0.1, 0.15) is 25.6 Å². The molecule has 136 valence electrons. The summed E-state index contributed by atoms with van der Waals surface area (Å²) in [4.78, 5) is 20.5. The molecular formula is C19H20BrN3O3. The number of esters is 1. The van der Waals surface area contributed by atoms with E-state index in [0.29, 0.717) is 5.92 Å². The van der Waals surface area contributed by atoms with Crippen molar-refractivity contribution in [2.24, 2.45) is 5.92 Å². The summed E-state index contributed by atoms with van der Waals surface area (Å²) in [5.74, 6) is 0.983. The average Bonchev–Trinajstić information content (AvgIpc) is 2.98. The summed E-state index contributed by atoms with van der Waals surface area (Å²) in [5.41, 5.74) is 2.80. The molecule has 1 aliphatic rings. The molecule has 4 rings (SSSR count). The van der Waals surface area contributed by atoms with Crippen LogP contribution in [0.5, 0.6) is 0 Å². The third-order valence-corrected chi connectivity index (χ3v) is 5.29. The molecule has 3 heterocycles. The molecule has 2 aromatic heterocycles. The number of aromatic nitrogens is 3. The molecule has 3 aromatic rings. The lowest BCUT2D eigenvalue weighted by Gasteiger charge is -2.23. The predicted octanol–water partition coefficient (Wildman–Crippen LogP) is 3.84. The van der Waals surface area contributed by atoms with Crippen molar-refractivity contribution in [2.75, 3.05) is 13.2 Å². The van der Waals surface area contributed by atoms with Gasteiger partial charge in [0.05, 0.1) is 17.2 Å². The van der Waals surface area contributed by atoms with Gasteiger partial charge in [0, 0.05) is 36.5 Å². The molecule has 0 amide bonds. The van der Waals surface area contributed by atoms with Crippen molar-refractivity contribution in [3.8, 4) is 0 Å². The maximum absolute atomic E-state index is 11.3. The van der Waals surface area contributed by atoms with Crippen LogP contribution in [-0.2, 0) is 27.4 Å². The van der Waals surface area contributed by atoms with Gasteiger partial charge in [-0.3, -0.25) is 9.78 Å². The van der Waals surface area contributed by atoms with E-state index in [2.05, 4.69) is 31.5 Å². The smallest absolute Gasteiger partial charge is 0.303 e. The van der Waals surface area contributed by atoms with Gasteiger partial charge >= 0.3 is 5.97 Å². The van der Waals surface area contributed by atoms with Crippen LogP contribution in [0.15, 0.2) is 28.9 Å². The maximum atomic E-state index is 11.3. The Bertz CT molecular complexity index is 963. The van der Waals surface area contributed by atoms with E-state index in [9.17, 15) is 4.79 Å². The highest BCUT2D eigenvalue weighted by Gasteiger charge is 2.20. The second-order valence-electron chi connectivity index (χ2n) is 6.63. The minimum Gasteiger partial charge on any atom is -0.458 e. The summed E-state index contributed by atoms with van der Waals surface area (Å²) in [6, 6.07) is 6.08. The summed E-state index contributed by atoms with van der Waals surface area (Å²) in [6.45, 7) is 4.02. The molecule has 0 N–H and O–H groups in total.